The lowest BCUT2D eigenvalue weighted by Crippen LogP contribution is -2.27. The standard InChI is InChI=1S/C11H13N3O3S/c1-8-3-6-11(17-8)18(15,16)14(2)10-5-4-9(12)7-13-10/h3-7H,12H2,1-2H3. The van der Waals surface area contributed by atoms with Gasteiger partial charge in [-0.25, -0.2) is 4.98 Å². The van der Waals surface area contributed by atoms with E-state index in [-0.39, 0.29) is 10.9 Å². The van der Waals surface area contributed by atoms with Crippen LogP contribution in [0.5, 0.6) is 0 Å². The van der Waals surface area contributed by atoms with Crippen LogP contribution in [0, 0.1) is 6.92 Å². The summed E-state index contributed by atoms with van der Waals surface area (Å²) in [6.07, 6.45) is 1.40. The number of nitrogens with two attached hydrogens (primary N) is 1. The fraction of sp³-hybridized carbons (Fsp3) is 0.182. The van der Waals surface area contributed by atoms with Gasteiger partial charge in [-0.3, -0.25) is 4.31 Å². The molecular formula is C11H13N3O3S. The highest BCUT2D eigenvalue weighted by molar-refractivity contribution is 7.92. The van der Waals surface area contributed by atoms with E-state index in [2.05, 4.69) is 4.98 Å². The molecule has 0 aliphatic rings. The maximum absolute atomic E-state index is 12.2. The van der Waals surface area contributed by atoms with Crippen LogP contribution in [0.2, 0.25) is 0 Å². The Balaban J connectivity index is 2.39. The largest absolute Gasteiger partial charge is 0.448 e. The molecule has 0 aliphatic heterocycles. The van der Waals surface area contributed by atoms with Crippen LogP contribution in [0.25, 0.3) is 0 Å². The van der Waals surface area contributed by atoms with Crippen molar-refractivity contribution in [2.24, 2.45) is 0 Å². The second-order valence-electron chi connectivity index (χ2n) is 3.79. The Morgan fingerprint density at radius 1 is 1.28 bits per heavy atom. The van der Waals surface area contributed by atoms with E-state index in [1.165, 1.54) is 25.4 Å². The monoisotopic (exact) mass is 267 g/mol. The molecule has 0 saturated carbocycles. The van der Waals surface area contributed by atoms with Gasteiger partial charge in [0.1, 0.15) is 11.6 Å². The molecule has 18 heavy (non-hydrogen) atoms. The molecule has 0 unspecified atom stereocenters. The molecule has 0 bridgehead atoms. The van der Waals surface area contributed by atoms with Crippen LogP contribution in [0.1, 0.15) is 5.76 Å². The van der Waals surface area contributed by atoms with Crippen molar-refractivity contribution in [1.29, 1.82) is 0 Å². The summed E-state index contributed by atoms with van der Waals surface area (Å²) < 4.78 is 30.6. The first-order valence-corrected chi connectivity index (χ1v) is 6.62. The first kappa shape index (κ1) is 12.4. The summed E-state index contributed by atoms with van der Waals surface area (Å²) in [6, 6.07) is 6.13. The quantitative estimate of drug-likeness (QED) is 0.907. The molecule has 0 saturated heterocycles. The highest BCUT2D eigenvalue weighted by Gasteiger charge is 2.25. The molecular weight excluding hydrogens is 254 g/mol. The number of pyridine rings is 1. The van der Waals surface area contributed by atoms with Crippen molar-refractivity contribution in [2.75, 3.05) is 17.1 Å². The lowest BCUT2D eigenvalue weighted by Gasteiger charge is -2.16. The highest BCUT2D eigenvalue weighted by atomic mass is 32.2. The van der Waals surface area contributed by atoms with Crippen molar-refractivity contribution in [2.45, 2.75) is 12.0 Å². The van der Waals surface area contributed by atoms with Gasteiger partial charge in [-0.15, -0.1) is 0 Å². The van der Waals surface area contributed by atoms with E-state index >= 15 is 0 Å². The zero-order chi connectivity index (χ0) is 13.3. The number of sulfonamides is 1. The third-order valence-corrected chi connectivity index (χ3v) is 4.06. The van der Waals surface area contributed by atoms with Crippen molar-refractivity contribution >= 4 is 21.5 Å². The Labute approximate surface area is 105 Å². The van der Waals surface area contributed by atoms with E-state index in [0.29, 0.717) is 11.4 Å². The molecule has 6 nitrogen and oxygen atoms in total. The summed E-state index contributed by atoms with van der Waals surface area (Å²) >= 11 is 0. The number of nitrogen functional groups attached to an aromatic ring is 1. The highest BCUT2D eigenvalue weighted by Crippen LogP contribution is 2.22. The predicted octanol–water partition coefficient (Wildman–Crippen LogP) is 1.39. The minimum atomic E-state index is -3.72. The van der Waals surface area contributed by atoms with Crippen LogP contribution < -0.4 is 10.0 Å². The molecule has 2 rings (SSSR count). The predicted molar refractivity (Wildman–Crippen MR) is 67.7 cm³/mol. The van der Waals surface area contributed by atoms with Gasteiger partial charge in [-0.05, 0) is 31.2 Å². The molecule has 0 radical (unpaired) electrons. The Hall–Kier alpha value is -2.02. The molecule has 2 heterocycles. The maximum atomic E-state index is 12.2. The van der Waals surface area contributed by atoms with Crippen molar-refractivity contribution in [3.8, 4) is 0 Å². The van der Waals surface area contributed by atoms with E-state index < -0.39 is 10.0 Å². The lowest BCUT2D eigenvalue weighted by molar-refractivity contribution is 0.428. The molecule has 7 heteroatoms. The Morgan fingerprint density at radius 2 is 2.00 bits per heavy atom. The zero-order valence-corrected chi connectivity index (χ0v) is 10.8. The van der Waals surface area contributed by atoms with E-state index in [4.69, 9.17) is 10.2 Å². The van der Waals surface area contributed by atoms with Crippen LogP contribution in [0.15, 0.2) is 40.0 Å². The molecule has 2 aromatic rings. The number of aromatic nitrogens is 1. The summed E-state index contributed by atoms with van der Waals surface area (Å²) in [4.78, 5) is 3.96. The summed E-state index contributed by atoms with van der Waals surface area (Å²) in [5.41, 5.74) is 5.97. The number of anilines is 2. The van der Waals surface area contributed by atoms with E-state index in [0.717, 1.165) is 4.31 Å². The Kier molecular flexibility index (Phi) is 3.00. The third-order valence-electron chi connectivity index (χ3n) is 2.42. The van der Waals surface area contributed by atoms with Gasteiger partial charge < -0.3 is 10.2 Å². The topological polar surface area (TPSA) is 89.4 Å². The van der Waals surface area contributed by atoms with Crippen LogP contribution in [0.3, 0.4) is 0 Å². The van der Waals surface area contributed by atoms with Gasteiger partial charge in [0.25, 0.3) is 10.0 Å². The molecule has 0 spiro atoms. The third kappa shape index (κ3) is 2.17. The normalized spacial score (nSPS) is 11.4. The fourth-order valence-corrected chi connectivity index (χ4v) is 2.49. The van der Waals surface area contributed by atoms with Gasteiger partial charge in [-0.2, -0.15) is 8.42 Å². The van der Waals surface area contributed by atoms with Crippen molar-refractivity contribution < 1.29 is 12.8 Å². The second-order valence-corrected chi connectivity index (χ2v) is 5.69. The smallest absolute Gasteiger partial charge is 0.298 e. The number of rotatable bonds is 3. The first-order chi connectivity index (χ1) is 8.41. The molecule has 0 aliphatic carbocycles. The van der Waals surface area contributed by atoms with Gasteiger partial charge in [-0.1, -0.05) is 0 Å². The summed E-state index contributed by atoms with van der Waals surface area (Å²) in [5.74, 6) is 0.811. The van der Waals surface area contributed by atoms with Crippen molar-refractivity contribution in [1.82, 2.24) is 4.98 Å². The maximum Gasteiger partial charge on any atom is 0.298 e. The molecule has 0 atom stereocenters. The zero-order valence-electron chi connectivity index (χ0n) is 9.99. The molecule has 2 aromatic heterocycles. The minimum absolute atomic E-state index is 0.110. The summed E-state index contributed by atoms with van der Waals surface area (Å²) in [6.45, 7) is 1.68. The van der Waals surface area contributed by atoms with Crippen molar-refractivity contribution in [3.63, 3.8) is 0 Å². The minimum Gasteiger partial charge on any atom is -0.448 e. The number of hydrogen-bond donors (Lipinski definition) is 1. The summed E-state index contributed by atoms with van der Waals surface area (Å²) in [5, 5.41) is -0.110. The second kappa shape index (κ2) is 4.34. The molecule has 0 amide bonds. The lowest BCUT2D eigenvalue weighted by atomic mass is 10.4. The molecule has 2 N–H and O–H groups in total. The van der Waals surface area contributed by atoms with Gasteiger partial charge >= 0.3 is 0 Å². The SMILES string of the molecule is Cc1ccc(S(=O)(=O)N(C)c2ccc(N)cn2)o1. The Bertz CT molecular complexity index is 646. The molecule has 96 valence electrons. The number of hydrogen-bond acceptors (Lipinski definition) is 5. The van der Waals surface area contributed by atoms with Gasteiger partial charge in [0.05, 0.1) is 11.9 Å². The first-order valence-electron chi connectivity index (χ1n) is 5.18. The number of nitrogens with zero attached hydrogens (tertiary/aromatic N) is 2. The van der Waals surface area contributed by atoms with Gasteiger partial charge in [0.15, 0.2) is 0 Å². The average Bonchev–Trinajstić information content (AvgIpc) is 2.76. The number of furan rings is 1. The van der Waals surface area contributed by atoms with Crippen LogP contribution in [-0.2, 0) is 10.0 Å². The van der Waals surface area contributed by atoms with Gasteiger partial charge in [0, 0.05) is 7.05 Å². The van der Waals surface area contributed by atoms with Gasteiger partial charge in [0.2, 0.25) is 5.09 Å². The van der Waals surface area contributed by atoms with E-state index in [9.17, 15) is 8.42 Å². The molecule has 0 aromatic carbocycles. The van der Waals surface area contributed by atoms with Crippen LogP contribution in [0.4, 0.5) is 11.5 Å². The van der Waals surface area contributed by atoms with Crippen molar-refractivity contribution in [3.05, 3.63) is 36.2 Å². The van der Waals surface area contributed by atoms with E-state index in [1.54, 1.807) is 19.1 Å². The van der Waals surface area contributed by atoms with Crippen LogP contribution in [-0.4, -0.2) is 20.4 Å². The Morgan fingerprint density at radius 3 is 2.50 bits per heavy atom. The fourth-order valence-electron chi connectivity index (χ4n) is 1.39. The summed E-state index contributed by atoms with van der Waals surface area (Å²) in [7, 11) is -2.31. The van der Waals surface area contributed by atoms with Crippen LogP contribution >= 0.6 is 0 Å². The van der Waals surface area contributed by atoms with E-state index in [1.807, 2.05) is 0 Å². The average molecular weight is 267 g/mol. The number of aryl methyl sites for hydroxylation is 1. The molecule has 0 fully saturated rings.